The zero-order valence-corrected chi connectivity index (χ0v) is 9.85. The molecule has 17 heavy (non-hydrogen) atoms. The van der Waals surface area contributed by atoms with Gasteiger partial charge >= 0.3 is 0 Å². The maximum absolute atomic E-state index is 12.2. The summed E-state index contributed by atoms with van der Waals surface area (Å²) in [4.78, 5) is 25.1. The first-order chi connectivity index (χ1) is 8.13. The molecule has 0 aromatic heterocycles. The van der Waals surface area contributed by atoms with E-state index >= 15 is 0 Å². The van der Waals surface area contributed by atoms with Crippen molar-refractivity contribution in [2.45, 2.75) is 25.8 Å². The molecule has 0 aliphatic heterocycles. The van der Waals surface area contributed by atoms with Crippen molar-refractivity contribution in [3.8, 4) is 0 Å². The van der Waals surface area contributed by atoms with E-state index in [1.54, 1.807) is 24.3 Å². The summed E-state index contributed by atoms with van der Waals surface area (Å²) in [5.41, 5.74) is 6.11. The summed E-state index contributed by atoms with van der Waals surface area (Å²) in [6, 6.07) is 6.97. The monoisotopic (exact) mass is 232 g/mol. The fraction of sp³-hybridized carbons (Fsp3) is 0.385. The maximum Gasteiger partial charge on any atom is 0.254 e. The van der Waals surface area contributed by atoms with E-state index in [4.69, 9.17) is 5.73 Å². The second-order valence-corrected chi connectivity index (χ2v) is 4.27. The zero-order valence-electron chi connectivity index (χ0n) is 9.85. The summed E-state index contributed by atoms with van der Waals surface area (Å²) in [5, 5.41) is 0. The van der Waals surface area contributed by atoms with Crippen LogP contribution in [0.3, 0.4) is 0 Å². The van der Waals surface area contributed by atoms with E-state index in [0.29, 0.717) is 23.7 Å². The fourth-order valence-corrected chi connectivity index (χ4v) is 1.93. The molecule has 1 saturated carbocycles. The predicted molar refractivity (Wildman–Crippen MR) is 64.7 cm³/mol. The summed E-state index contributed by atoms with van der Waals surface area (Å²) in [6.07, 6.45) is 2.16. The molecule has 4 heteroatoms. The number of primary amides is 1. The Balaban J connectivity index is 2.23. The van der Waals surface area contributed by atoms with Crippen LogP contribution in [-0.4, -0.2) is 29.3 Å². The van der Waals surface area contributed by atoms with Gasteiger partial charge in [-0.15, -0.1) is 0 Å². The molecule has 1 aliphatic carbocycles. The number of amides is 2. The lowest BCUT2D eigenvalue weighted by Crippen LogP contribution is -2.33. The lowest BCUT2D eigenvalue weighted by atomic mass is 10.1. The molecule has 0 spiro atoms. The smallest absolute Gasteiger partial charge is 0.254 e. The molecule has 2 N–H and O–H groups in total. The van der Waals surface area contributed by atoms with Crippen LogP contribution in [-0.2, 0) is 0 Å². The Morgan fingerprint density at radius 2 is 2.00 bits per heavy atom. The Bertz CT molecular complexity index is 452. The highest BCUT2D eigenvalue weighted by Gasteiger charge is 2.31. The van der Waals surface area contributed by atoms with E-state index in [0.717, 1.165) is 12.8 Å². The van der Waals surface area contributed by atoms with Crippen LogP contribution in [0.5, 0.6) is 0 Å². The first-order valence-corrected chi connectivity index (χ1v) is 5.84. The minimum absolute atomic E-state index is 0.0156. The van der Waals surface area contributed by atoms with Crippen molar-refractivity contribution in [3.63, 3.8) is 0 Å². The van der Waals surface area contributed by atoms with Crippen LogP contribution in [0, 0.1) is 0 Å². The quantitative estimate of drug-likeness (QED) is 0.853. The minimum Gasteiger partial charge on any atom is -0.366 e. The van der Waals surface area contributed by atoms with Gasteiger partial charge < -0.3 is 10.6 Å². The molecule has 0 saturated heterocycles. The summed E-state index contributed by atoms with van der Waals surface area (Å²) < 4.78 is 0. The number of carbonyl (C=O) groups excluding carboxylic acids is 2. The average molecular weight is 232 g/mol. The van der Waals surface area contributed by atoms with Gasteiger partial charge in [-0.05, 0) is 38.0 Å². The minimum atomic E-state index is -0.505. The number of rotatable bonds is 4. The van der Waals surface area contributed by atoms with Crippen LogP contribution in [0.4, 0.5) is 0 Å². The lowest BCUT2D eigenvalue weighted by Gasteiger charge is -2.20. The first-order valence-electron chi connectivity index (χ1n) is 5.84. The Morgan fingerprint density at radius 1 is 1.35 bits per heavy atom. The van der Waals surface area contributed by atoms with E-state index in [1.807, 2.05) is 11.8 Å². The van der Waals surface area contributed by atoms with Crippen molar-refractivity contribution < 1.29 is 9.59 Å². The first kappa shape index (κ1) is 11.6. The largest absolute Gasteiger partial charge is 0.366 e. The van der Waals surface area contributed by atoms with E-state index in [9.17, 15) is 9.59 Å². The number of carbonyl (C=O) groups is 2. The zero-order chi connectivity index (χ0) is 12.4. The molecular weight excluding hydrogens is 216 g/mol. The van der Waals surface area contributed by atoms with Gasteiger partial charge in [0, 0.05) is 23.7 Å². The van der Waals surface area contributed by atoms with Gasteiger partial charge in [0.25, 0.3) is 5.91 Å². The lowest BCUT2D eigenvalue weighted by molar-refractivity contribution is 0.0752. The maximum atomic E-state index is 12.2. The van der Waals surface area contributed by atoms with Gasteiger partial charge in [0.2, 0.25) is 5.91 Å². The van der Waals surface area contributed by atoms with Gasteiger partial charge in [-0.25, -0.2) is 0 Å². The van der Waals surface area contributed by atoms with Crippen molar-refractivity contribution in [2.75, 3.05) is 6.54 Å². The molecule has 90 valence electrons. The van der Waals surface area contributed by atoms with Crippen molar-refractivity contribution in [1.82, 2.24) is 4.90 Å². The predicted octanol–water partition coefficient (Wildman–Crippen LogP) is 1.41. The standard InChI is InChI=1S/C13H16N2O2/c1-2-15(11-6-7-11)13(17)10-5-3-4-9(8-10)12(14)16/h3-5,8,11H,2,6-7H2,1H3,(H2,14,16). The van der Waals surface area contributed by atoms with Gasteiger partial charge in [-0.1, -0.05) is 6.07 Å². The highest BCUT2D eigenvalue weighted by atomic mass is 16.2. The second-order valence-electron chi connectivity index (χ2n) is 4.27. The van der Waals surface area contributed by atoms with Crippen LogP contribution < -0.4 is 5.73 Å². The molecule has 1 aromatic carbocycles. The topological polar surface area (TPSA) is 63.4 Å². The number of hydrogen-bond donors (Lipinski definition) is 1. The SMILES string of the molecule is CCN(C(=O)c1cccc(C(N)=O)c1)C1CC1. The molecule has 2 amide bonds. The van der Waals surface area contributed by atoms with Crippen molar-refractivity contribution in [3.05, 3.63) is 35.4 Å². The highest BCUT2D eigenvalue weighted by molar-refractivity contribution is 5.99. The molecule has 0 heterocycles. The Hall–Kier alpha value is -1.84. The van der Waals surface area contributed by atoms with E-state index in [2.05, 4.69) is 0 Å². The molecule has 0 atom stereocenters. The summed E-state index contributed by atoms with van der Waals surface area (Å²) in [7, 11) is 0. The Kier molecular flexibility index (Phi) is 3.13. The van der Waals surface area contributed by atoms with E-state index in [-0.39, 0.29) is 5.91 Å². The summed E-state index contributed by atoms with van der Waals surface area (Å²) in [5.74, 6) is -0.521. The summed E-state index contributed by atoms with van der Waals surface area (Å²) >= 11 is 0. The van der Waals surface area contributed by atoms with Gasteiger partial charge in [0.05, 0.1) is 0 Å². The van der Waals surface area contributed by atoms with Crippen LogP contribution >= 0.6 is 0 Å². The van der Waals surface area contributed by atoms with Crippen LogP contribution in [0.15, 0.2) is 24.3 Å². The number of nitrogens with two attached hydrogens (primary N) is 1. The molecular formula is C13H16N2O2. The third kappa shape index (κ3) is 2.46. The summed E-state index contributed by atoms with van der Waals surface area (Å²) in [6.45, 7) is 2.67. The van der Waals surface area contributed by atoms with Crippen LogP contribution in [0.1, 0.15) is 40.5 Å². The third-order valence-corrected chi connectivity index (χ3v) is 2.98. The number of nitrogens with zero attached hydrogens (tertiary/aromatic N) is 1. The van der Waals surface area contributed by atoms with E-state index < -0.39 is 5.91 Å². The molecule has 2 rings (SSSR count). The molecule has 1 fully saturated rings. The van der Waals surface area contributed by atoms with Gasteiger partial charge in [0.15, 0.2) is 0 Å². The molecule has 0 radical (unpaired) electrons. The average Bonchev–Trinajstić information content (AvgIpc) is 3.14. The van der Waals surface area contributed by atoms with Gasteiger partial charge in [0.1, 0.15) is 0 Å². The van der Waals surface area contributed by atoms with Crippen molar-refractivity contribution >= 4 is 11.8 Å². The Labute approximate surface area is 100 Å². The van der Waals surface area contributed by atoms with Gasteiger partial charge in [-0.2, -0.15) is 0 Å². The van der Waals surface area contributed by atoms with Crippen molar-refractivity contribution in [1.29, 1.82) is 0 Å². The van der Waals surface area contributed by atoms with E-state index in [1.165, 1.54) is 0 Å². The van der Waals surface area contributed by atoms with Crippen molar-refractivity contribution in [2.24, 2.45) is 5.73 Å². The molecule has 0 bridgehead atoms. The van der Waals surface area contributed by atoms with Crippen LogP contribution in [0.2, 0.25) is 0 Å². The highest BCUT2D eigenvalue weighted by Crippen LogP contribution is 2.28. The number of hydrogen-bond acceptors (Lipinski definition) is 2. The normalized spacial score (nSPS) is 14.4. The third-order valence-electron chi connectivity index (χ3n) is 2.98. The fourth-order valence-electron chi connectivity index (χ4n) is 1.93. The molecule has 1 aromatic rings. The van der Waals surface area contributed by atoms with Crippen LogP contribution in [0.25, 0.3) is 0 Å². The second kappa shape index (κ2) is 4.57. The molecule has 4 nitrogen and oxygen atoms in total. The number of benzene rings is 1. The Morgan fingerprint density at radius 3 is 2.53 bits per heavy atom. The molecule has 0 unspecified atom stereocenters. The molecule has 1 aliphatic rings. The van der Waals surface area contributed by atoms with Gasteiger partial charge in [-0.3, -0.25) is 9.59 Å².